The highest BCUT2D eigenvalue weighted by Crippen LogP contribution is 2.48. The molecule has 0 bridgehead atoms. The summed E-state index contributed by atoms with van der Waals surface area (Å²) in [5, 5.41) is 0.685. The van der Waals surface area contributed by atoms with Crippen LogP contribution in [0, 0.1) is 0 Å². The van der Waals surface area contributed by atoms with Crippen LogP contribution in [0.25, 0.3) is 0 Å². The molecule has 1 spiro atoms. The van der Waals surface area contributed by atoms with Crippen LogP contribution in [0.15, 0.2) is 24.3 Å². The summed E-state index contributed by atoms with van der Waals surface area (Å²) in [6.45, 7) is 0.797. The van der Waals surface area contributed by atoms with Gasteiger partial charge < -0.3 is 14.2 Å². The van der Waals surface area contributed by atoms with Crippen molar-refractivity contribution >= 4 is 18.1 Å². The first kappa shape index (κ1) is 15.8. The average Bonchev–Trinajstić information content (AvgIpc) is 2.87. The van der Waals surface area contributed by atoms with Gasteiger partial charge in [-0.05, 0) is 18.9 Å². The van der Waals surface area contributed by atoms with Gasteiger partial charge in [0.25, 0.3) is 6.47 Å². The Morgan fingerprint density at radius 3 is 2.73 bits per heavy atom. The summed E-state index contributed by atoms with van der Waals surface area (Å²) in [6, 6.07) is 7.70. The van der Waals surface area contributed by atoms with Gasteiger partial charge in [0.05, 0.1) is 12.7 Å². The molecule has 1 aliphatic heterocycles. The molecule has 5 heteroatoms. The average molecular weight is 325 g/mol. The van der Waals surface area contributed by atoms with Gasteiger partial charge in [0, 0.05) is 29.8 Å². The largest absolute Gasteiger partial charge is 0.468 e. The van der Waals surface area contributed by atoms with Gasteiger partial charge >= 0.3 is 0 Å². The molecule has 1 heterocycles. The third-order valence-electron chi connectivity index (χ3n) is 4.46. The molecule has 1 saturated carbocycles. The van der Waals surface area contributed by atoms with Crippen molar-refractivity contribution in [3.8, 4) is 0 Å². The van der Waals surface area contributed by atoms with E-state index >= 15 is 0 Å². The number of carbonyl (C=O) groups excluding carboxylic acids is 1. The van der Waals surface area contributed by atoms with Crippen LogP contribution < -0.4 is 0 Å². The molecule has 1 aromatic rings. The molecule has 2 atom stereocenters. The molecular weight excluding hydrogens is 304 g/mol. The second kappa shape index (κ2) is 6.99. The fourth-order valence-corrected chi connectivity index (χ4v) is 3.65. The zero-order valence-electron chi connectivity index (χ0n) is 12.5. The molecule has 0 amide bonds. The quantitative estimate of drug-likeness (QED) is 0.606. The molecule has 120 valence electrons. The number of halogens is 1. The lowest BCUT2D eigenvalue weighted by Gasteiger charge is -2.32. The second-order valence-electron chi connectivity index (χ2n) is 5.94. The molecule has 2 fully saturated rings. The van der Waals surface area contributed by atoms with Crippen LogP contribution in [-0.4, -0.2) is 25.0 Å². The summed E-state index contributed by atoms with van der Waals surface area (Å²) in [4.78, 5) is 10.4. The minimum absolute atomic E-state index is 0.141. The minimum Gasteiger partial charge on any atom is -0.468 e. The highest BCUT2D eigenvalue weighted by atomic mass is 35.5. The van der Waals surface area contributed by atoms with Crippen LogP contribution >= 0.6 is 11.6 Å². The number of benzene rings is 1. The van der Waals surface area contributed by atoms with Crippen LogP contribution in [-0.2, 0) is 19.0 Å². The fourth-order valence-electron chi connectivity index (χ4n) is 3.41. The van der Waals surface area contributed by atoms with Gasteiger partial charge in [-0.25, -0.2) is 0 Å². The fraction of sp³-hybridized carbons (Fsp3) is 0.588. The van der Waals surface area contributed by atoms with Gasteiger partial charge in [-0.3, -0.25) is 4.79 Å². The number of ether oxygens (including phenoxy) is 3. The molecule has 1 aromatic carbocycles. The van der Waals surface area contributed by atoms with Crippen molar-refractivity contribution in [1.82, 2.24) is 0 Å². The number of carbonyl (C=O) groups is 1. The van der Waals surface area contributed by atoms with Crippen LogP contribution in [0.4, 0.5) is 0 Å². The lowest BCUT2D eigenvalue weighted by molar-refractivity contribution is -0.195. The Morgan fingerprint density at radius 1 is 1.23 bits per heavy atom. The van der Waals surface area contributed by atoms with Crippen molar-refractivity contribution in [3.05, 3.63) is 34.9 Å². The van der Waals surface area contributed by atoms with Gasteiger partial charge in [0.2, 0.25) is 0 Å². The molecule has 0 radical (unpaired) electrons. The molecule has 0 N–H and O–H groups in total. The van der Waals surface area contributed by atoms with E-state index in [1.807, 2.05) is 24.3 Å². The molecular formula is C17H21ClO4. The summed E-state index contributed by atoms with van der Waals surface area (Å²) in [5.41, 5.74) is 0.947. The summed E-state index contributed by atoms with van der Waals surface area (Å²) in [6.07, 6.45) is 5.55. The summed E-state index contributed by atoms with van der Waals surface area (Å²) in [7, 11) is 0. The van der Waals surface area contributed by atoms with E-state index in [1.54, 1.807) is 0 Å². The summed E-state index contributed by atoms with van der Waals surface area (Å²) < 4.78 is 17.5. The number of rotatable bonds is 5. The minimum atomic E-state index is -0.492. The van der Waals surface area contributed by atoms with Crippen molar-refractivity contribution in [1.29, 1.82) is 0 Å². The Kier molecular flexibility index (Phi) is 5.01. The van der Waals surface area contributed by atoms with Crippen LogP contribution in [0.1, 0.15) is 50.2 Å². The molecule has 1 aliphatic carbocycles. The number of hydrogen-bond donors (Lipinski definition) is 0. The third kappa shape index (κ3) is 3.29. The highest BCUT2D eigenvalue weighted by molar-refractivity contribution is 6.31. The maximum absolute atomic E-state index is 10.4. The van der Waals surface area contributed by atoms with Crippen LogP contribution in [0.3, 0.4) is 0 Å². The normalized spacial score (nSPS) is 27.0. The van der Waals surface area contributed by atoms with Gasteiger partial charge in [-0.2, -0.15) is 0 Å². The molecule has 4 nitrogen and oxygen atoms in total. The van der Waals surface area contributed by atoms with Gasteiger partial charge in [0.1, 0.15) is 6.10 Å². The molecule has 1 saturated heterocycles. The van der Waals surface area contributed by atoms with Crippen LogP contribution in [0.2, 0.25) is 5.02 Å². The topological polar surface area (TPSA) is 44.8 Å². The summed E-state index contributed by atoms with van der Waals surface area (Å²) in [5.74, 6) is -0.492. The molecule has 2 aliphatic rings. The first-order valence-corrected chi connectivity index (χ1v) is 8.27. The van der Waals surface area contributed by atoms with Gasteiger partial charge in [0.15, 0.2) is 5.79 Å². The van der Waals surface area contributed by atoms with Crippen molar-refractivity contribution < 1.29 is 19.0 Å². The van der Waals surface area contributed by atoms with Crippen molar-refractivity contribution in [3.63, 3.8) is 0 Å². The van der Waals surface area contributed by atoms with E-state index in [0.29, 0.717) is 24.5 Å². The zero-order valence-corrected chi connectivity index (χ0v) is 13.3. The Hall–Kier alpha value is -1.10. The zero-order chi connectivity index (χ0) is 15.4. The van der Waals surface area contributed by atoms with E-state index in [4.69, 9.17) is 25.8 Å². The highest BCUT2D eigenvalue weighted by Gasteiger charge is 2.48. The van der Waals surface area contributed by atoms with E-state index in [1.165, 1.54) is 6.42 Å². The summed E-state index contributed by atoms with van der Waals surface area (Å²) >= 11 is 6.34. The predicted octanol–water partition coefficient (Wildman–Crippen LogP) is 4.02. The standard InChI is InChI=1S/C17H21ClO4/c18-14-7-3-2-6-13(14)16-15(8-11-20-12-19)21-17(22-16)9-4-1-5-10-17/h2-3,6-7,12,15-16H,1,4-5,8-11H2/t15-,16-/m1/s1. The number of hydrogen-bond acceptors (Lipinski definition) is 4. The maximum Gasteiger partial charge on any atom is 0.293 e. The lowest BCUT2D eigenvalue weighted by Crippen LogP contribution is -2.33. The lowest BCUT2D eigenvalue weighted by atomic mass is 9.94. The van der Waals surface area contributed by atoms with Gasteiger partial charge in [-0.1, -0.05) is 36.2 Å². The molecule has 0 unspecified atom stereocenters. The second-order valence-corrected chi connectivity index (χ2v) is 6.35. The SMILES string of the molecule is O=COCC[C@H]1OC2(CCCCC2)O[C@@H]1c1ccccc1Cl. The molecule has 3 rings (SSSR count). The Bertz CT molecular complexity index is 513. The third-order valence-corrected chi connectivity index (χ3v) is 4.81. The van der Waals surface area contributed by atoms with E-state index in [2.05, 4.69) is 0 Å². The van der Waals surface area contributed by atoms with Gasteiger partial charge in [-0.15, -0.1) is 0 Å². The van der Waals surface area contributed by atoms with E-state index in [9.17, 15) is 4.79 Å². The molecule has 0 aromatic heterocycles. The molecule has 22 heavy (non-hydrogen) atoms. The first-order chi connectivity index (χ1) is 10.7. The Morgan fingerprint density at radius 2 is 2.00 bits per heavy atom. The Labute approximate surface area is 135 Å². The van der Waals surface area contributed by atoms with Crippen LogP contribution in [0.5, 0.6) is 0 Å². The first-order valence-electron chi connectivity index (χ1n) is 7.89. The van der Waals surface area contributed by atoms with Crippen molar-refractivity contribution in [2.45, 2.75) is 56.5 Å². The van der Waals surface area contributed by atoms with E-state index in [-0.39, 0.29) is 12.2 Å². The Balaban J connectivity index is 1.80. The van der Waals surface area contributed by atoms with E-state index < -0.39 is 5.79 Å². The predicted molar refractivity (Wildman–Crippen MR) is 82.6 cm³/mol. The monoisotopic (exact) mass is 324 g/mol. The smallest absolute Gasteiger partial charge is 0.293 e. The van der Waals surface area contributed by atoms with Crippen molar-refractivity contribution in [2.24, 2.45) is 0 Å². The maximum atomic E-state index is 10.4. The van der Waals surface area contributed by atoms with Crippen molar-refractivity contribution in [2.75, 3.05) is 6.61 Å². The van der Waals surface area contributed by atoms with E-state index in [0.717, 1.165) is 31.2 Å².